The Hall–Kier alpha value is -3.02. The van der Waals surface area contributed by atoms with Gasteiger partial charge in [-0.3, -0.25) is 5.43 Å². The number of benzene rings is 2. The summed E-state index contributed by atoms with van der Waals surface area (Å²) in [6.45, 7) is 2.28. The van der Waals surface area contributed by atoms with Gasteiger partial charge in [0.15, 0.2) is 11.5 Å². The molecule has 0 unspecified atom stereocenters. The third-order valence-corrected chi connectivity index (χ3v) is 2.84. The maximum Gasteiger partial charge on any atom is 0.335 e. The molecule has 0 aliphatic heterocycles. The zero-order valence-corrected chi connectivity index (χ0v) is 12.0. The van der Waals surface area contributed by atoms with Crippen molar-refractivity contribution in [1.29, 1.82) is 0 Å². The number of hydrazone groups is 1. The Bertz CT molecular complexity index is 698. The average molecular weight is 300 g/mol. The van der Waals surface area contributed by atoms with Gasteiger partial charge in [-0.15, -0.1) is 0 Å². The largest absolute Gasteiger partial charge is 0.504 e. The zero-order chi connectivity index (χ0) is 15.9. The Morgan fingerprint density at radius 2 is 2.09 bits per heavy atom. The normalized spacial score (nSPS) is 10.6. The number of hydrogen-bond donors (Lipinski definition) is 3. The summed E-state index contributed by atoms with van der Waals surface area (Å²) in [4.78, 5) is 10.9. The fourth-order valence-corrected chi connectivity index (χ4v) is 1.81. The highest BCUT2D eigenvalue weighted by Crippen LogP contribution is 2.28. The lowest BCUT2D eigenvalue weighted by atomic mass is 10.2. The van der Waals surface area contributed by atoms with Gasteiger partial charge in [-0.05, 0) is 37.3 Å². The summed E-state index contributed by atoms with van der Waals surface area (Å²) in [6, 6.07) is 11.4. The molecule has 6 nitrogen and oxygen atoms in total. The predicted molar refractivity (Wildman–Crippen MR) is 83.9 cm³/mol. The molecule has 0 aliphatic rings. The SMILES string of the molecule is CCOc1cccc(/C=N/Nc2cccc(C(=O)O)c2)c1O. The van der Waals surface area contributed by atoms with E-state index in [0.29, 0.717) is 23.6 Å². The van der Waals surface area contributed by atoms with Crippen molar-refractivity contribution < 1.29 is 19.7 Å². The number of aromatic carboxylic acids is 1. The van der Waals surface area contributed by atoms with Crippen LogP contribution in [0.2, 0.25) is 0 Å². The molecule has 0 atom stereocenters. The summed E-state index contributed by atoms with van der Waals surface area (Å²) in [5.74, 6) is -0.608. The number of carboxylic acids is 1. The number of aromatic hydroxyl groups is 1. The van der Waals surface area contributed by atoms with Gasteiger partial charge in [0.1, 0.15) is 0 Å². The number of carboxylic acid groups (broad SMARTS) is 1. The first-order chi connectivity index (χ1) is 10.6. The lowest BCUT2D eigenvalue weighted by molar-refractivity contribution is 0.0697. The maximum atomic E-state index is 10.9. The Morgan fingerprint density at radius 3 is 2.82 bits per heavy atom. The van der Waals surface area contributed by atoms with Gasteiger partial charge >= 0.3 is 5.97 Å². The van der Waals surface area contributed by atoms with E-state index >= 15 is 0 Å². The lowest BCUT2D eigenvalue weighted by Crippen LogP contribution is -1.98. The number of rotatable bonds is 6. The van der Waals surface area contributed by atoms with Gasteiger partial charge < -0.3 is 14.9 Å². The van der Waals surface area contributed by atoms with Crippen LogP contribution in [0.25, 0.3) is 0 Å². The minimum Gasteiger partial charge on any atom is -0.504 e. The van der Waals surface area contributed by atoms with Crippen LogP contribution >= 0.6 is 0 Å². The molecule has 0 aliphatic carbocycles. The van der Waals surface area contributed by atoms with Crippen molar-refractivity contribution in [2.45, 2.75) is 6.92 Å². The fraction of sp³-hybridized carbons (Fsp3) is 0.125. The quantitative estimate of drug-likeness (QED) is 0.563. The van der Waals surface area contributed by atoms with Crippen LogP contribution in [0.1, 0.15) is 22.8 Å². The van der Waals surface area contributed by atoms with Crippen LogP contribution in [0.15, 0.2) is 47.6 Å². The molecular weight excluding hydrogens is 284 g/mol. The minimum atomic E-state index is -1.00. The zero-order valence-electron chi connectivity index (χ0n) is 12.0. The molecule has 0 heterocycles. The number of hydrogen-bond acceptors (Lipinski definition) is 5. The van der Waals surface area contributed by atoms with Gasteiger partial charge in [-0.25, -0.2) is 4.79 Å². The van der Waals surface area contributed by atoms with Crippen LogP contribution in [-0.4, -0.2) is 29.0 Å². The van der Waals surface area contributed by atoms with E-state index in [4.69, 9.17) is 9.84 Å². The van der Waals surface area contributed by atoms with E-state index in [1.165, 1.54) is 18.3 Å². The number of nitrogens with zero attached hydrogens (tertiary/aromatic N) is 1. The van der Waals surface area contributed by atoms with Crippen LogP contribution in [0.3, 0.4) is 0 Å². The highest BCUT2D eigenvalue weighted by molar-refractivity contribution is 5.89. The summed E-state index contributed by atoms with van der Waals surface area (Å²) < 4.78 is 5.29. The first-order valence-corrected chi connectivity index (χ1v) is 6.69. The van der Waals surface area contributed by atoms with Crippen molar-refractivity contribution in [3.63, 3.8) is 0 Å². The van der Waals surface area contributed by atoms with E-state index in [9.17, 15) is 9.90 Å². The summed E-state index contributed by atoms with van der Waals surface area (Å²) >= 11 is 0. The summed E-state index contributed by atoms with van der Waals surface area (Å²) in [6.07, 6.45) is 1.44. The predicted octanol–water partition coefficient (Wildman–Crippen LogP) is 2.94. The van der Waals surface area contributed by atoms with E-state index in [1.54, 1.807) is 30.3 Å². The molecule has 3 N–H and O–H groups in total. The molecule has 0 spiro atoms. The molecule has 0 bridgehead atoms. The molecular formula is C16H16N2O4. The second kappa shape index (κ2) is 7.12. The van der Waals surface area contributed by atoms with Gasteiger partial charge in [0.2, 0.25) is 0 Å². The standard InChI is InChI=1S/C16H16N2O4/c1-2-22-14-8-4-6-12(15(14)19)10-17-18-13-7-3-5-11(9-13)16(20)21/h3-10,18-19H,2H2,1H3,(H,20,21)/b17-10+. The summed E-state index contributed by atoms with van der Waals surface area (Å²) in [5, 5.41) is 22.9. The van der Waals surface area contributed by atoms with Gasteiger partial charge in [-0.2, -0.15) is 5.10 Å². The Balaban J connectivity index is 2.11. The minimum absolute atomic E-state index is 0.00851. The second-order valence-corrected chi connectivity index (χ2v) is 4.38. The first kappa shape index (κ1) is 15.4. The van der Waals surface area contributed by atoms with E-state index in [2.05, 4.69) is 10.5 Å². The molecule has 0 saturated carbocycles. The van der Waals surface area contributed by atoms with Crippen LogP contribution in [0, 0.1) is 0 Å². The monoisotopic (exact) mass is 300 g/mol. The smallest absolute Gasteiger partial charge is 0.335 e. The third kappa shape index (κ3) is 3.76. The second-order valence-electron chi connectivity index (χ2n) is 4.38. The van der Waals surface area contributed by atoms with Crippen molar-refractivity contribution in [3.05, 3.63) is 53.6 Å². The fourth-order valence-electron chi connectivity index (χ4n) is 1.81. The summed E-state index contributed by atoms with van der Waals surface area (Å²) in [5.41, 5.74) is 3.92. The highest BCUT2D eigenvalue weighted by atomic mass is 16.5. The lowest BCUT2D eigenvalue weighted by Gasteiger charge is -2.07. The molecule has 6 heteroatoms. The molecule has 0 aromatic heterocycles. The van der Waals surface area contributed by atoms with Crippen molar-refractivity contribution in [2.75, 3.05) is 12.0 Å². The number of para-hydroxylation sites is 1. The number of phenolic OH excluding ortho intramolecular Hbond substituents is 1. The average Bonchev–Trinajstić information content (AvgIpc) is 2.51. The Morgan fingerprint density at radius 1 is 1.32 bits per heavy atom. The molecule has 2 rings (SSSR count). The molecule has 2 aromatic carbocycles. The third-order valence-electron chi connectivity index (χ3n) is 2.84. The van der Waals surface area contributed by atoms with Gasteiger partial charge in [0.05, 0.1) is 24.1 Å². The topological polar surface area (TPSA) is 91.2 Å². The van der Waals surface area contributed by atoms with E-state index < -0.39 is 5.97 Å². The van der Waals surface area contributed by atoms with Crippen LogP contribution in [0.4, 0.5) is 5.69 Å². The van der Waals surface area contributed by atoms with Crippen molar-refractivity contribution >= 4 is 17.9 Å². The number of carbonyl (C=O) groups is 1. The number of anilines is 1. The van der Waals surface area contributed by atoms with Gasteiger partial charge in [0.25, 0.3) is 0 Å². The molecule has 114 valence electrons. The number of ether oxygens (including phenoxy) is 1. The molecule has 0 fully saturated rings. The van der Waals surface area contributed by atoms with Gasteiger partial charge in [0, 0.05) is 5.56 Å². The molecule has 22 heavy (non-hydrogen) atoms. The maximum absolute atomic E-state index is 10.9. The molecule has 2 aromatic rings. The van der Waals surface area contributed by atoms with E-state index in [0.717, 1.165) is 0 Å². The Labute approximate surface area is 127 Å². The van der Waals surface area contributed by atoms with E-state index in [1.807, 2.05) is 6.92 Å². The number of phenols is 1. The molecule has 0 radical (unpaired) electrons. The number of nitrogens with one attached hydrogen (secondary N) is 1. The van der Waals surface area contributed by atoms with Crippen molar-refractivity contribution in [3.8, 4) is 11.5 Å². The van der Waals surface area contributed by atoms with Crippen LogP contribution < -0.4 is 10.2 Å². The van der Waals surface area contributed by atoms with Crippen LogP contribution in [-0.2, 0) is 0 Å². The molecule has 0 saturated heterocycles. The molecule has 0 amide bonds. The van der Waals surface area contributed by atoms with Crippen molar-refractivity contribution in [2.24, 2.45) is 5.10 Å². The van der Waals surface area contributed by atoms with E-state index in [-0.39, 0.29) is 11.3 Å². The summed E-state index contributed by atoms with van der Waals surface area (Å²) in [7, 11) is 0. The van der Waals surface area contributed by atoms with Crippen molar-refractivity contribution in [1.82, 2.24) is 0 Å². The van der Waals surface area contributed by atoms with Gasteiger partial charge in [-0.1, -0.05) is 12.1 Å². The Kier molecular flexibility index (Phi) is 4.98. The van der Waals surface area contributed by atoms with Crippen LogP contribution in [0.5, 0.6) is 11.5 Å². The first-order valence-electron chi connectivity index (χ1n) is 6.69. The highest BCUT2D eigenvalue weighted by Gasteiger charge is 2.06.